The number of carbonyl (C=O) groups is 1. The fraction of sp³-hybridized carbons (Fsp3) is 0.944. The zero-order valence-corrected chi connectivity index (χ0v) is 15.5. The molecule has 2 N–H and O–H groups in total. The van der Waals surface area contributed by atoms with E-state index >= 15 is 0 Å². The Balaban J connectivity index is 2.01. The molecule has 1 amide bonds. The molecule has 6 nitrogen and oxygen atoms in total. The van der Waals surface area contributed by atoms with Gasteiger partial charge >= 0.3 is 6.09 Å². The van der Waals surface area contributed by atoms with Gasteiger partial charge in [0.1, 0.15) is 0 Å². The molecule has 1 rings (SSSR count). The Morgan fingerprint density at radius 2 is 1.79 bits per heavy atom. The molecular weight excluding hydrogens is 308 g/mol. The highest BCUT2D eigenvalue weighted by Crippen LogP contribution is 2.29. The van der Waals surface area contributed by atoms with Crippen molar-refractivity contribution in [2.45, 2.75) is 45.4 Å². The van der Waals surface area contributed by atoms with Crippen LogP contribution in [-0.2, 0) is 4.74 Å². The molecule has 0 aromatic heterocycles. The van der Waals surface area contributed by atoms with E-state index in [4.69, 9.17) is 14.9 Å². The number of hydrogen-bond acceptors (Lipinski definition) is 4. The van der Waals surface area contributed by atoms with E-state index in [9.17, 15) is 4.79 Å². The largest absolute Gasteiger partial charge is 0.465 e. The summed E-state index contributed by atoms with van der Waals surface area (Å²) in [6.07, 6.45) is 5.87. The summed E-state index contributed by atoms with van der Waals surface area (Å²) in [6.45, 7) is 7.45. The minimum Gasteiger partial charge on any atom is -0.465 e. The maximum Gasteiger partial charge on any atom is 0.407 e. The number of rotatable bonds is 12. The third-order valence-corrected chi connectivity index (χ3v) is 5.05. The van der Waals surface area contributed by atoms with Crippen molar-refractivity contribution in [3.05, 3.63) is 0 Å². The van der Waals surface area contributed by atoms with Crippen LogP contribution < -0.4 is 0 Å². The van der Waals surface area contributed by atoms with Crippen molar-refractivity contribution in [2.75, 3.05) is 53.0 Å². The van der Waals surface area contributed by atoms with Crippen molar-refractivity contribution < 1.29 is 19.7 Å². The SMILES string of the molecule is CCN(CCO)CCCCOC[C@H]1CC[C@H](CN(C)C(=O)O)CC1. The third-order valence-electron chi connectivity index (χ3n) is 5.05. The summed E-state index contributed by atoms with van der Waals surface area (Å²) in [6, 6.07) is 0. The molecular formula is C18H36N2O4. The first-order chi connectivity index (χ1) is 11.6. The fourth-order valence-electron chi connectivity index (χ4n) is 3.41. The lowest BCUT2D eigenvalue weighted by molar-refractivity contribution is 0.0698. The van der Waals surface area contributed by atoms with Gasteiger partial charge in [-0.25, -0.2) is 4.79 Å². The van der Waals surface area contributed by atoms with Gasteiger partial charge in [-0.15, -0.1) is 0 Å². The van der Waals surface area contributed by atoms with Gasteiger partial charge in [0.2, 0.25) is 0 Å². The summed E-state index contributed by atoms with van der Waals surface area (Å²) in [7, 11) is 1.65. The number of ether oxygens (including phenoxy) is 1. The van der Waals surface area contributed by atoms with Gasteiger partial charge in [-0.05, 0) is 63.5 Å². The second-order valence-electron chi connectivity index (χ2n) is 6.99. The number of likely N-dealkylation sites (N-methyl/N-ethyl adjacent to an activating group) is 1. The average Bonchev–Trinajstić information content (AvgIpc) is 2.58. The summed E-state index contributed by atoms with van der Waals surface area (Å²) in [5.74, 6) is 1.15. The number of unbranched alkanes of at least 4 members (excludes halogenated alkanes) is 1. The second kappa shape index (κ2) is 12.5. The van der Waals surface area contributed by atoms with E-state index in [1.165, 1.54) is 4.90 Å². The lowest BCUT2D eigenvalue weighted by Gasteiger charge is -2.30. The molecule has 0 aromatic carbocycles. The van der Waals surface area contributed by atoms with Crippen molar-refractivity contribution in [3.8, 4) is 0 Å². The Morgan fingerprint density at radius 1 is 1.12 bits per heavy atom. The summed E-state index contributed by atoms with van der Waals surface area (Å²) in [5.41, 5.74) is 0. The standard InChI is InChI=1S/C18H36N2O4/c1-3-20(11-12-21)10-4-5-13-24-15-17-8-6-16(7-9-17)14-19(2)18(22)23/h16-17,21H,3-15H2,1-2H3,(H,22,23)/t16-,17-. The Kier molecular flexibility index (Phi) is 11.0. The maximum atomic E-state index is 10.9. The van der Waals surface area contributed by atoms with Crippen molar-refractivity contribution in [3.63, 3.8) is 0 Å². The number of aliphatic hydroxyl groups is 1. The van der Waals surface area contributed by atoms with Crippen LogP contribution in [0.5, 0.6) is 0 Å². The topological polar surface area (TPSA) is 73.2 Å². The molecule has 0 aromatic rings. The minimum absolute atomic E-state index is 0.231. The van der Waals surface area contributed by atoms with Gasteiger partial charge in [-0.1, -0.05) is 6.92 Å². The predicted molar refractivity (Wildman–Crippen MR) is 95.4 cm³/mol. The molecule has 0 saturated heterocycles. The van der Waals surface area contributed by atoms with Gasteiger partial charge in [-0.2, -0.15) is 0 Å². The molecule has 0 bridgehead atoms. The fourth-order valence-corrected chi connectivity index (χ4v) is 3.41. The summed E-state index contributed by atoms with van der Waals surface area (Å²) in [5, 5.41) is 17.9. The molecule has 0 atom stereocenters. The van der Waals surface area contributed by atoms with E-state index in [2.05, 4.69) is 11.8 Å². The van der Waals surface area contributed by atoms with Crippen LogP contribution in [0, 0.1) is 11.8 Å². The van der Waals surface area contributed by atoms with E-state index in [1.807, 2.05) is 0 Å². The van der Waals surface area contributed by atoms with E-state index in [0.29, 0.717) is 18.4 Å². The first-order valence-corrected chi connectivity index (χ1v) is 9.41. The Labute approximate surface area is 146 Å². The minimum atomic E-state index is -0.832. The highest BCUT2D eigenvalue weighted by atomic mass is 16.5. The number of aliphatic hydroxyl groups excluding tert-OH is 1. The molecule has 0 radical (unpaired) electrons. The lowest BCUT2D eigenvalue weighted by Crippen LogP contribution is -2.32. The van der Waals surface area contributed by atoms with Crippen LogP contribution in [0.25, 0.3) is 0 Å². The smallest absolute Gasteiger partial charge is 0.407 e. The predicted octanol–water partition coefficient (Wildman–Crippen LogP) is 2.51. The Morgan fingerprint density at radius 3 is 2.38 bits per heavy atom. The van der Waals surface area contributed by atoms with E-state index in [1.54, 1.807) is 7.05 Å². The lowest BCUT2D eigenvalue weighted by atomic mass is 9.82. The molecule has 1 saturated carbocycles. The van der Waals surface area contributed by atoms with Crippen molar-refractivity contribution in [1.82, 2.24) is 9.80 Å². The highest BCUT2D eigenvalue weighted by molar-refractivity contribution is 5.64. The quantitative estimate of drug-likeness (QED) is 0.532. The van der Waals surface area contributed by atoms with Crippen molar-refractivity contribution >= 4 is 6.09 Å². The zero-order chi connectivity index (χ0) is 17.8. The van der Waals surface area contributed by atoms with Crippen LogP contribution in [0.2, 0.25) is 0 Å². The molecule has 0 aliphatic heterocycles. The first-order valence-electron chi connectivity index (χ1n) is 9.41. The average molecular weight is 344 g/mol. The van der Waals surface area contributed by atoms with E-state index in [0.717, 1.165) is 71.4 Å². The van der Waals surface area contributed by atoms with Gasteiger partial charge in [0, 0.05) is 33.4 Å². The van der Waals surface area contributed by atoms with Gasteiger partial charge in [0.15, 0.2) is 0 Å². The molecule has 0 heterocycles. The summed E-state index contributed by atoms with van der Waals surface area (Å²) < 4.78 is 5.83. The van der Waals surface area contributed by atoms with E-state index < -0.39 is 6.09 Å². The molecule has 0 spiro atoms. The Hall–Kier alpha value is -0.850. The van der Waals surface area contributed by atoms with Crippen LogP contribution in [0.15, 0.2) is 0 Å². The van der Waals surface area contributed by atoms with Gasteiger partial charge in [-0.3, -0.25) is 0 Å². The third kappa shape index (κ3) is 8.85. The summed E-state index contributed by atoms with van der Waals surface area (Å²) in [4.78, 5) is 14.5. The van der Waals surface area contributed by atoms with Crippen LogP contribution in [0.3, 0.4) is 0 Å². The van der Waals surface area contributed by atoms with Gasteiger partial charge in [0.25, 0.3) is 0 Å². The molecule has 6 heteroatoms. The summed E-state index contributed by atoms with van der Waals surface area (Å²) >= 11 is 0. The van der Waals surface area contributed by atoms with Crippen LogP contribution in [0.4, 0.5) is 4.79 Å². The number of nitrogens with zero attached hydrogens (tertiary/aromatic N) is 2. The number of hydrogen-bond donors (Lipinski definition) is 2. The number of carboxylic acid groups (broad SMARTS) is 1. The molecule has 1 aliphatic carbocycles. The molecule has 142 valence electrons. The normalized spacial score (nSPS) is 21.2. The van der Waals surface area contributed by atoms with Crippen molar-refractivity contribution in [1.29, 1.82) is 0 Å². The van der Waals surface area contributed by atoms with Crippen molar-refractivity contribution in [2.24, 2.45) is 11.8 Å². The Bertz CT molecular complexity index is 333. The van der Waals surface area contributed by atoms with Gasteiger partial charge < -0.3 is 24.7 Å². The monoisotopic (exact) mass is 344 g/mol. The molecule has 1 fully saturated rings. The first kappa shape index (κ1) is 21.2. The van der Waals surface area contributed by atoms with Crippen LogP contribution >= 0.6 is 0 Å². The number of amides is 1. The maximum absolute atomic E-state index is 10.9. The molecule has 1 aliphatic rings. The molecule has 24 heavy (non-hydrogen) atoms. The molecule has 0 unspecified atom stereocenters. The zero-order valence-electron chi connectivity index (χ0n) is 15.5. The van der Waals surface area contributed by atoms with Crippen LogP contribution in [0.1, 0.15) is 45.4 Å². The van der Waals surface area contributed by atoms with E-state index in [-0.39, 0.29) is 6.61 Å². The highest BCUT2D eigenvalue weighted by Gasteiger charge is 2.23. The van der Waals surface area contributed by atoms with Crippen LogP contribution in [-0.4, -0.2) is 79.2 Å². The second-order valence-corrected chi connectivity index (χ2v) is 6.99. The van der Waals surface area contributed by atoms with Gasteiger partial charge in [0.05, 0.1) is 6.61 Å².